The van der Waals surface area contributed by atoms with Crippen LogP contribution in [0.3, 0.4) is 0 Å². The Bertz CT molecular complexity index is 733. The molecule has 0 amide bonds. The van der Waals surface area contributed by atoms with Gasteiger partial charge in [0.2, 0.25) is 5.95 Å². The number of rotatable bonds is 7. The van der Waals surface area contributed by atoms with Crippen LogP contribution in [0.1, 0.15) is 0 Å². The number of morpholine rings is 1. The Hall–Kier alpha value is -2.16. The van der Waals surface area contributed by atoms with Gasteiger partial charge in [-0.3, -0.25) is 0 Å². The fourth-order valence-corrected chi connectivity index (χ4v) is 2.32. The lowest BCUT2D eigenvalue weighted by molar-refractivity contribution is 0.122. The van der Waals surface area contributed by atoms with Crippen LogP contribution < -0.4 is 10.3 Å². The van der Waals surface area contributed by atoms with Crippen molar-refractivity contribution in [1.82, 2.24) is 9.97 Å². The number of nitrogens with zero attached hydrogens (tertiary/aromatic N) is 4. The van der Waals surface area contributed by atoms with Crippen LogP contribution in [0.4, 0.5) is 16.2 Å². The van der Waals surface area contributed by atoms with Crippen molar-refractivity contribution >= 4 is 41.2 Å². The summed E-state index contributed by atoms with van der Waals surface area (Å²) < 4.78 is 19.2. The number of hydrazone groups is 1. The van der Waals surface area contributed by atoms with Crippen molar-refractivity contribution in [2.24, 2.45) is 5.10 Å². The Labute approximate surface area is 160 Å². The van der Waals surface area contributed by atoms with Gasteiger partial charge in [0.25, 0.3) is 0 Å². The van der Waals surface area contributed by atoms with Gasteiger partial charge in [0, 0.05) is 23.7 Å². The fourth-order valence-electron chi connectivity index (χ4n) is 2.05. The third kappa shape index (κ3) is 5.69. The van der Waals surface area contributed by atoms with Crippen LogP contribution in [0.5, 0.6) is 0 Å². The third-order valence-electron chi connectivity index (χ3n) is 3.35. The summed E-state index contributed by atoms with van der Waals surface area (Å²) in [5.74, 6) is -0.482. The molecule has 0 unspecified atom stereocenters. The first-order chi connectivity index (χ1) is 12.5. The van der Waals surface area contributed by atoms with E-state index in [2.05, 4.69) is 27.1 Å². The van der Waals surface area contributed by atoms with Crippen LogP contribution in [-0.2, 0) is 4.74 Å². The van der Waals surface area contributed by atoms with Crippen LogP contribution >= 0.6 is 23.2 Å². The van der Waals surface area contributed by atoms with Gasteiger partial charge in [-0.25, -0.2) is 14.8 Å². The molecule has 26 heavy (non-hydrogen) atoms. The van der Waals surface area contributed by atoms with Crippen LogP contribution in [0.25, 0.3) is 0 Å². The maximum Gasteiger partial charge on any atom is 0.245 e. The Morgan fingerprint density at radius 2 is 2.23 bits per heavy atom. The number of hydrogen-bond donors (Lipinski definition) is 2. The number of nitrogens with one attached hydrogen (secondary N) is 1. The SMILES string of the molecule is C=C\C(Cl)=C/C(/C=N/Nc1ncc(F)c(N2CCOCC2)n1)=C(/O)CCl. The van der Waals surface area contributed by atoms with Gasteiger partial charge in [0.15, 0.2) is 11.6 Å². The summed E-state index contributed by atoms with van der Waals surface area (Å²) in [4.78, 5) is 9.74. The van der Waals surface area contributed by atoms with Gasteiger partial charge in [0.1, 0.15) is 5.76 Å². The van der Waals surface area contributed by atoms with E-state index in [1.54, 1.807) is 4.90 Å². The van der Waals surface area contributed by atoms with Crippen LogP contribution in [0, 0.1) is 5.82 Å². The first-order valence-corrected chi connectivity index (χ1v) is 8.58. The summed E-state index contributed by atoms with van der Waals surface area (Å²) >= 11 is 11.5. The number of hydrogen-bond acceptors (Lipinski definition) is 7. The molecule has 1 aromatic heterocycles. The minimum Gasteiger partial charge on any atom is -0.510 e. The molecule has 10 heteroatoms. The molecular formula is C16H18Cl2FN5O2. The van der Waals surface area contributed by atoms with Crippen molar-refractivity contribution in [3.05, 3.63) is 47.1 Å². The van der Waals surface area contributed by atoms with E-state index in [1.807, 2.05) is 0 Å². The molecule has 0 spiro atoms. The highest BCUT2D eigenvalue weighted by atomic mass is 35.5. The molecule has 0 bridgehead atoms. The van der Waals surface area contributed by atoms with Crippen molar-refractivity contribution in [3.63, 3.8) is 0 Å². The minimum atomic E-state index is -0.525. The zero-order valence-electron chi connectivity index (χ0n) is 13.8. The number of allylic oxidation sites excluding steroid dienone is 5. The second-order valence-corrected chi connectivity index (χ2v) is 5.81. The fraction of sp³-hybridized carbons (Fsp3) is 0.312. The molecule has 1 aromatic rings. The van der Waals surface area contributed by atoms with Gasteiger partial charge < -0.3 is 14.7 Å². The highest BCUT2D eigenvalue weighted by Gasteiger charge is 2.17. The second-order valence-electron chi connectivity index (χ2n) is 5.10. The molecule has 1 fully saturated rings. The molecule has 1 aliphatic rings. The smallest absolute Gasteiger partial charge is 0.245 e. The predicted molar refractivity (Wildman–Crippen MR) is 102 cm³/mol. The Morgan fingerprint density at radius 1 is 1.50 bits per heavy atom. The van der Waals surface area contributed by atoms with Crippen molar-refractivity contribution in [2.75, 3.05) is 42.5 Å². The Kier molecular flexibility index (Phi) is 7.83. The molecule has 140 valence electrons. The van der Waals surface area contributed by atoms with Crippen LogP contribution in [0.2, 0.25) is 0 Å². The molecule has 1 saturated heterocycles. The molecule has 0 saturated carbocycles. The lowest BCUT2D eigenvalue weighted by Crippen LogP contribution is -2.37. The van der Waals surface area contributed by atoms with Gasteiger partial charge in [-0.15, -0.1) is 11.6 Å². The highest BCUT2D eigenvalue weighted by molar-refractivity contribution is 6.31. The lowest BCUT2D eigenvalue weighted by atomic mass is 10.2. The van der Waals surface area contributed by atoms with Crippen molar-refractivity contribution in [1.29, 1.82) is 0 Å². The quantitative estimate of drug-likeness (QED) is 0.240. The molecule has 2 heterocycles. The van der Waals surface area contributed by atoms with Gasteiger partial charge >= 0.3 is 0 Å². The zero-order chi connectivity index (χ0) is 18.9. The number of alkyl halides is 1. The van der Waals surface area contributed by atoms with Gasteiger partial charge in [-0.1, -0.05) is 24.3 Å². The first kappa shape index (κ1) is 20.2. The number of anilines is 2. The molecule has 0 aromatic carbocycles. The van der Waals surface area contributed by atoms with Crippen molar-refractivity contribution in [3.8, 4) is 0 Å². The summed E-state index contributed by atoms with van der Waals surface area (Å²) in [6.45, 7) is 5.61. The summed E-state index contributed by atoms with van der Waals surface area (Å²) in [5.41, 5.74) is 2.87. The lowest BCUT2D eigenvalue weighted by Gasteiger charge is -2.27. The monoisotopic (exact) mass is 401 g/mol. The average molecular weight is 402 g/mol. The molecule has 0 aliphatic carbocycles. The zero-order valence-corrected chi connectivity index (χ0v) is 15.3. The maximum absolute atomic E-state index is 14.0. The highest BCUT2D eigenvalue weighted by Crippen LogP contribution is 2.18. The molecule has 1 aliphatic heterocycles. The number of halogens is 3. The Morgan fingerprint density at radius 3 is 2.88 bits per heavy atom. The largest absolute Gasteiger partial charge is 0.510 e. The first-order valence-electron chi connectivity index (χ1n) is 7.67. The van der Waals surface area contributed by atoms with E-state index >= 15 is 0 Å². The molecular weight excluding hydrogens is 384 g/mol. The third-order valence-corrected chi connectivity index (χ3v) is 3.87. The number of aromatic nitrogens is 2. The van der Waals surface area contributed by atoms with E-state index < -0.39 is 5.82 Å². The van der Waals surface area contributed by atoms with Gasteiger partial charge in [-0.05, 0) is 6.08 Å². The van der Waals surface area contributed by atoms with Crippen molar-refractivity contribution < 1.29 is 14.2 Å². The van der Waals surface area contributed by atoms with E-state index in [9.17, 15) is 9.50 Å². The standard InChI is InChI=1S/C16H18Cl2FN5O2/c1-2-12(18)7-11(14(25)8-17)9-21-23-16-20-10-13(19)15(22-16)24-3-5-26-6-4-24/h2,7,9-10,25H,1,3-6,8H2,(H,20,22,23)/b12-7+,14-11-,21-9+. The molecule has 2 rings (SSSR count). The van der Waals surface area contributed by atoms with E-state index in [4.69, 9.17) is 27.9 Å². The minimum absolute atomic E-state index is 0.104. The molecule has 0 atom stereocenters. The number of ether oxygens (including phenoxy) is 1. The molecule has 7 nitrogen and oxygen atoms in total. The predicted octanol–water partition coefficient (Wildman–Crippen LogP) is 3.21. The van der Waals surface area contributed by atoms with Crippen LogP contribution in [-0.4, -0.2) is 53.5 Å². The molecule has 0 radical (unpaired) electrons. The summed E-state index contributed by atoms with van der Waals surface area (Å²) in [6.07, 6.45) is 5.21. The molecule has 2 N–H and O–H groups in total. The average Bonchev–Trinajstić information content (AvgIpc) is 2.68. The number of aliphatic hydroxyl groups excluding tert-OH is 1. The van der Waals surface area contributed by atoms with Gasteiger partial charge in [-0.2, -0.15) is 10.1 Å². The van der Waals surface area contributed by atoms with E-state index in [0.717, 1.165) is 6.20 Å². The topological polar surface area (TPSA) is 82.9 Å². The second kappa shape index (κ2) is 10.1. The Balaban J connectivity index is 2.15. The van der Waals surface area contributed by atoms with E-state index in [1.165, 1.54) is 18.4 Å². The maximum atomic E-state index is 14.0. The van der Waals surface area contributed by atoms with E-state index in [0.29, 0.717) is 31.3 Å². The summed E-state index contributed by atoms with van der Waals surface area (Å²) in [5, 5.41) is 14.0. The van der Waals surface area contributed by atoms with Crippen molar-refractivity contribution in [2.45, 2.75) is 0 Å². The van der Waals surface area contributed by atoms with Gasteiger partial charge in [0.05, 0.1) is 31.5 Å². The summed E-state index contributed by atoms with van der Waals surface area (Å²) in [6, 6.07) is 0. The number of aliphatic hydroxyl groups is 1. The summed E-state index contributed by atoms with van der Waals surface area (Å²) in [7, 11) is 0. The van der Waals surface area contributed by atoms with E-state index in [-0.39, 0.29) is 29.0 Å². The van der Waals surface area contributed by atoms with Crippen LogP contribution in [0.15, 0.2) is 46.4 Å². The normalized spacial score (nSPS) is 16.6.